The summed E-state index contributed by atoms with van der Waals surface area (Å²) in [4.78, 5) is 24.0. The Morgan fingerprint density at radius 2 is 1.71 bits per heavy atom. The number of carboxylic acids is 1. The molecule has 1 aliphatic carbocycles. The van der Waals surface area contributed by atoms with Gasteiger partial charge in [0.05, 0.1) is 18.6 Å². The smallest absolute Gasteiger partial charge is 0.306 e. The Morgan fingerprint density at radius 1 is 1.07 bits per heavy atom. The molecule has 0 aliphatic heterocycles. The van der Waals surface area contributed by atoms with Gasteiger partial charge in [-0.3, -0.25) is 9.59 Å². The van der Waals surface area contributed by atoms with Crippen molar-refractivity contribution in [2.75, 3.05) is 7.11 Å². The fourth-order valence-corrected chi connectivity index (χ4v) is 3.65. The molecular weight excluding hydrogens is 356 g/mol. The van der Waals surface area contributed by atoms with Crippen LogP contribution in [0.5, 0.6) is 5.75 Å². The summed E-state index contributed by atoms with van der Waals surface area (Å²) in [6.07, 6.45) is 2.52. The van der Waals surface area contributed by atoms with E-state index in [0.29, 0.717) is 43.5 Å². The number of carbonyl (C=O) groups excluding carboxylic acids is 1. The van der Waals surface area contributed by atoms with E-state index in [1.807, 2.05) is 36.4 Å². The minimum absolute atomic E-state index is 0.0136. The molecule has 0 aromatic heterocycles. The number of hydrogen-bond acceptors (Lipinski definition) is 4. The Balaban J connectivity index is 1.76. The quantitative estimate of drug-likeness (QED) is 0.712. The van der Waals surface area contributed by atoms with Gasteiger partial charge in [0.1, 0.15) is 5.75 Å². The van der Waals surface area contributed by atoms with Crippen LogP contribution >= 0.6 is 0 Å². The third-order valence-electron chi connectivity index (χ3n) is 5.38. The average molecular weight is 382 g/mol. The van der Waals surface area contributed by atoms with Crippen molar-refractivity contribution in [3.63, 3.8) is 0 Å². The van der Waals surface area contributed by atoms with Crippen LogP contribution in [-0.2, 0) is 11.3 Å². The van der Waals surface area contributed by atoms with Gasteiger partial charge < -0.3 is 20.9 Å². The van der Waals surface area contributed by atoms with E-state index in [-0.39, 0.29) is 17.9 Å². The van der Waals surface area contributed by atoms with E-state index in [1.165, 1.54) is 0 Å². The number of carbonyl (C=O) groups is 2. The Labute approximate surface area is 164 Å². The number of carboxylic acid groups (broad SMARTS) is 1. The normalized spacial score (nSPS) is 19.1. The lowest BCUT2D eigenvalue weighted by atomic mass is 9.86. The highest BCUT2D eigenvalue weighted by molar-refractivity contribution is 5.98. The molecule has 6 heteroatoms. The van der Waals surface area contributed by atoms with Gasteiger partial charge in [-0.1, -0.05) is 30.3 Å². The highest BCUT2D eigenvalue weighted by Gasteiger charge is 2.27. The molecule has 0 unspecified atom stereocenters. The zero-order chi connectivity index (χ0) is 20.1. The van der Waals surface area contributed by atoms with E-state index < -0.39 is 5.97 Å². The molecule has 1 aliphatic rings. The van der Waals surface area contributed by atoms with Crippen molar-refractivity contribution in [1.82, 2.24) is 5.32 Å². The summed E-state index contributed by atoms with van der Waals surface area (Å²) < 4.78 is 5.38. The minimum Gasteiger partial charge on any atom is -0.496 e. The maximum absolute atomic E-state index is 12.9. The van der Waals surface area contributed by atoms with Crippen LogP contribution in [0.15, 0.2) is 42.5 Å². The Morgan fingerprint density at radius 3 is 2.29 bits per heavy atom. The fraction of sp³-hybridized carbons (Fsp3) is 0.364. The van der Waals surface area contributed by atoms with E-state index in [4.69, 9.17) is 15.6 Å². The molecule has 0 saturated heterocycles. The average Bonchev–Trinajstić information content (AvgIpc) is 2.73. The van der Waals surface area contributed by atoms with Crippen LogP contribution in [0.1, 0.15) is 41.6 Å². The van der Waals surface area contributed by atoms with Gasteiger partial charge in [-0.15, -0.1) is 0 Å². The monoisotopic (exact) mass is 382 g/mol. The molecule has 1 saturated carbocycles. The SMILES string of the molecule is COc1ccc(-c2ccc(CN)cc2)cc1C(=O)NC1CCC(C(=O)O)CC1. The number of hydrogen-bond donors (Lipinski definition) is 3. The number of benzene rings is 2. The van der Waals surface area contributed by atoms with Crippen molar-refractivity contribution >= 4 is 11.9 Å². The van der Waals surface area contributed by atoms with E-state index in [0.717, 1.165) is 16.7 Å². The van der Waals surface area contributed by atoms with Crippen molar-refractivity contribution in [1.29, 1.82) is 0 Å². The zero-order valence-electron chi connectivity index (χ0n) is 16.0. The summed E-state index contributed by atoms with van der Waals surface area (Å²) in [5, 5.41) is 12.2. The van der Waals surface area contributed by atoms with Crippen molar-refractivity contribution in [2.24, 2.45) is 11.7 Å². The van der Waals surface area contributed by atoms with E-state index in [9.17, 15) is 9.59 Å². The lowest BCUT2D eigenvalue weighted by Crippen LogP contribution is -2.38. The number of nitrogens with one attached hydrogen (secondary N) is 1. The molecule has 148 valence electrons. The molecule has 0 heterocycles. The minimum atomic E-state index is -0.750. The summed E-state index contributed by atoms with van der Waals surface area (Å²) in [6.45, 7) is 0.487. The second-order valence-electron chi connectivity index (χ2n) is 7.18. The van der Waals surface area contributed by atoms with Gasteiger partial charge in [0, 0.05) is 12.6 Å². The first-order chi connectivity index (χ1) is 13.5. The van der Waals surface area contributed by atoms with Crippen molar-refractivity contribution < 1.29 is 19.4 Å². The Hall–Kier alpha value is -2.86. The molecule has 28 heavy (non-hydrogen) atoms. The molecular formula is C22H26N2O4. The van der Waals surface area contributed by atoms with Gasteiger partial charge in [-0.25, -0.2) is 0 Å². The maximum atomic E-state index is 12.9. The second kappa shape index (κ2) is 8.89. The van der Waals surface area contributed by atoms with Crippen LogP contribution in [0.2, 0.25) is 0 Å². The van der Waals surface area contributed by atoms with Gasteiger partial charge in [0.25, 0.3) is 5.91 Å². The molecule has 4 N–H and O–H groups in total. The number of rotatable bonds is 6. The summed E-state index contributed by atoms with van der Waals surface area (Å²) >= 11 is 0. The van der Waals surface area contributed by atoms with Gasteiger partial charge in [0.15, 0.2) is 0 Å². The molecule has 2 aromatic carbocycles. The van der Waals surface area contributed by atoms with Crippen LogP contribution in [0.4, 0.5) is 0 Å². The summed E-state index contributed by atoms with van der Waals surface area (Å²) in [6, 6.07) is 13.4. The van der Waals surface area contributed by atoms with Crippen LogP contribution in [-0.4, -0.2) is 30.1 Å². The first-order valence-electron chi connectivity index (χ1n) is 9.53. The lowest BCUT2D eigenvalue weighted by Gasteiger charge is -2.27. The predicted octanol–water partition coefficient (Wildman–Crippen LogP) is 3.19. The number of ether oxygens (including phenoxy) is 1. The highest BCUT2D eigenvalue weighted by atomic mass is 16.5. The molecule has 0 spiro atoms. The van der Waals surface area contributed by atoms with Crippen LogP contribution in [0.25, 0.3) is 11.1 Å². The van der Waals surface area contributed by atoms with E-state index >= 15 is 0 Å². The highest BCUT2D eigenvalue weighted by Crippen LogP contribution is 2.28. The first kappa shape index (κ1) is 19.9. The lowest BCUT2D eigenvalue weighted by molar-refractivity contribution is -0.142. The van der Waals surface area contributed by atoms with E-state index in [1.54, 1.807) is 13.2 Å². The number of nitrogens with two attached hydrogens (primary N) is 1. The molecule has 1 fully saturated rings. The Kier molecular flexibility index (Phi) is 6.31. The molecule has 3 rings (SSSR count). The topological polar surface area (TPSA) is 102 Å². The largest absolute Gasteiger partial charge is 0.496 e. The molecule has 2 aromatic rings. The second-order valence-corrected chi connectivity index (χ2v) is 7.18. The fourth-order valence-electron chi connectivity index (χ4n) is 3.65. The first-order valence-corrected chi connectivity index (χ1v) is 9.53. The summed E-state index contributed by atoms with van der Waals surface area (Å²) in [5.74, 6) is -0.739. The molecule has 6 nitrogen and oxygen atoms in total. The number of aliphatic carboxylic acids is 1. The maximum Gasteiger partial charge on any atom is 0.306 e. The van der Waals surface area contributed by atoms with Gasteiger partial charge in [0.2, 0.25) is 0 Å². The van der Waals surface area contributed by atoms with Crippen LogP contribution < -0.4 is 15.8 Å². The molecule has 0 bridgehead atoms. The van der Waals surface area contributed by atoms with Crippen molar-refractivity contribution in [3.8, 4) is 16.9 Å². The summed E-state index contributed by atoms with van der Waals surface area (Å²) in [5.41, 5.74) is 9.09. The number of methoxy groups -OCH3 is 1. The zero-order valence-corrected chi connectivity index (χ0v) is 16.0. The summed E-state index contributed by atoms with van der Waals surface area (Å²) in [7, 11) is 1.54. The van der Waals surface area contributed by atoms with Crippen molar-refractivity contribution in [3.05, 3.63) is 53.6 Å². The van der Waals surface area contributed by atoms with Crippen LogP contribution in [0.3, 0.4) is 0 Å². The molecule has 0 radical (unpaired) electrons. The van der Waals surface area contributed by atoms with Gasteiger partial charge >= 0.3 is 5.97 Å². The third-order valence-corrected chi connectivity index (χ3v) is 5.38. The Bertz CT molecular complexity index is 840. The molecule has 1 amide bonds. The predicted molar refractivity (Wildman–Crippen MR) is 107 cm³/mol. The van der Waals surface area contributed by atoms with Gasteiger partial charge in [-0.2, -0.15) is 0 Å². The van der Waals surface area contributed by atoms with Crippen molar-refractivity contribution in [2.45, 2.75) is 38.3 Å². The standard InChI is InChI=1S/C22H26N2O4/c1-28-20-11-8-17(15-4-2-14(13-23)3-5-15)12-19(20)21(25)24-18-9-6-16(7-10-18)22(26)27/h2-5,8,11-12,16,18H,6-7,9-10,13,23H2,1H3,(H,24,25)(H,26,27). The van der Waals surface area contributed by atoms with E-state index in [2.05, 4.69) is 5.32 Å². The van der Waals surface area contributed by atoms with Gasteiger partial charge in [-0.05, 0) is 54.5 Å². The van der Waals surface area contributed by atoms with Crippen LogP contribution in [0, 0.1) is 5.92 Å². The number of amides is 1. The third kappa shape index (κ3) is 4.51. The molecule has 0 atom stereocenters.